The highest BCUT2D eigenvalue weighted by Crippen LogP contribution is 2.22. The van der Waals surface area contributed by atoms with Crippen molar-refractivity contribution in [1.82, 2.24) is 0 Å². The van der Waals surface area contributed by atoms with Gasteiger partial charge < -0.3 is 4.74 Å². The number of aliphatic imine (C=N–C) groups is 1. The summed E-state index contributed by atoms with van der Waals surface area (Å²) in [5, 5.41) is 0. The molecule has 1 aliphatic rings. The third-order valence-electron chi connectivity index (χ3n) is 1.05. The predicted octanol–water partition coefficient (Wildman–Crippen LogP) is 0.995. The zero-order valence-electron chi connectivity index (χ0n) is 6.20. The molecular weight excluding hydrogens is 182 g/mol. The average Bonchev–Trinajstić information content (AvgIpc) is 2.37. The quantitative estimate of drug-likeness (QED) is 0.624. The fourth-order valence-corrected chi connectivity index (χ4v) is 2.41. The first-order valence-corrected chi connectivity index (χ1v) is 5.16. The molecule has 0 atom stereocenters. The van der Waals surface area contributed by atoms with Gasteiger partial charge in [-0.3, -0.25) is 4.79 Å². The van der Waals surface area contributed by atoms with E-state index in [1.54, 1.807) is 18.9 Å². The minimum Gasteiger partial charge on any atom is -0.384 e. The number of carbonyl (C=O) groups is 1. The Morgan fingerprint density at radius 1 is 1.82 bits per heavy atom. The maximum Gasteiger partial charge on any atom is 0.257 e. The molecule has 1 amide bonds. The van der Waals surface area contributed by atoms with E-state index in [2.05, 4.69) is 4.99 Å². The maximum atomic E-state index is 10.6. The summed E-state index contributed by atoms with van der Waals surface area (Å²) >= 11 is 3.09. The minimum atomic E-state index is -0.0186. The van der Waals surface area contributed by atoms with E-state index in [-0.39, 0.29) is 5.91 Å². The standard InChI is InChI=1S/C6H9NO2S2/c1-9-2-3-10-6-7-5(8)4-11-6/h2-4H2,1H3. The van der Waals surface area contributed by atoms with Crippen LogP contribution in [0.5, 0.6) is 0 Å². The number of rotatable bonds is 3. The molecule has 0 N–H and O–H groups in total. The van der Waals surface area contributed by atoms with Gasteiger partial charge in [-0.1, -0.05) is 23.5 Å². The molecule has 3 nitrogen and oxygen atoms in total. The summed E-state index contributed by atoms with van der Waals surface area (Å²) in [5.41, 5.74) is 0. The van der Waals surface area contributed by atoms with Crippen LogP contribution in [-0.4, -0.2) is 35.5 Å². The molecule has 0 unspecified atom stereocenters. The van der Waals surface area contributed by atoms with Crippen molar-refractivity contribution in [3.05, 3.63) is 0 Å². The molecule has 62 valence electrons. The van der Waals surface area contributed by atoms with Gasteiger partial charge in [0, 0.05) is 12.9 Å². The van der Waals surface area contributed by atoms with Crippen LogP contribution in [0.3, 0.4) is 0 Å². The van der Waals surface area contributed by atoms with E-state index < -0.39 is 0 Å². The highest BCUT2D eigenvalue weighted by Gasteiger charge is 2.14. The second-order valence-electron chi connectivity index (χ2n) is 1.90. The molecule has 0 saturated carbocycles. The van der Waals surface area contributed by atoms with Crippen molar-refractivity contribution < 1.29 is 9.53 Å². The Morgan fingerprint density at radius 2 is 2.64 bits per heavy atom. The summed E-state index contributed by atoms with van der Waals surface area (Å²) in [7, 11) is 1.66. The summed E-state index contributed by atoms with van der Waals surface area (Å²) in [6.07, 6.45) is 0. The molecule has 0 aromatic rings. The van der Waals surface area contributed by atoms with Gasteiger partial charge in [-0.15, -0.1) is 0 Å². The Labute approximate surface area is 74.0 Å². The summed E-state index contributed by atoms with van der Waals surface area (Å²) < 4.78 is 5.74. The van der Waals surface area contributed by atoms with Gasteiger partial charge >= 0.3 is 0 Å². The summed E-state index contributed by atoms with van der Waals surface area (Å²) in [6, 6.07) is 0. The van der Waals surface area contributed by atoms with E-state index in [1.165, 1.54) is 11.8 Å². The molecule has 11 heavy (non-hydrogen) atoms. The Morgan fingerprint density at radius 3 is 3.18 bits per heavy atom. The molecule has 0 aromatic heterocycles. The first kappa shape index (κ1) is 9.09. The fourth-order valence-electron chi connectivity index (χ4n) is 0.576. The topological polar surface area (TPSA) is 38.7 Å². The molecule has 0 aliphatic carbocycles. The van der Waals surface area contributed by atoms with Crippen LogP contribution < -0.4 is 0 Å². The van der Waals surface area contributed by atoms with E-state index in [0.717, 1.165) is 10.1 Å². The molecule has 1 rings (SSSR count). The lowest BCUT2D eigenvalue weighted by Crippen LogP contribution is -1.93. The molecule has 5 heteroatoms. The zero-order chi connectivity index (χ0) is 8.10. The van der Waals surface area contributed by atoms with Crippen molar-refractivity contribution in [1.29, 1.82) is 0 Å². The highest BCUT2D eigenvalue weighted by atomic mass is 32.2. The lowest BCUT2D eigenvalue weighted by Gasteiger charge is -1.96. The van der Waals surface area contributed by atoms with Gasteiger partial charge in [0.15, 0.2) is 0 Å². The molecular formula is C6H9NO2S2. The van der Waals surface area contributed by atoms with Gasteiger partial charge in [-0.25, -0.2) is 0 Å². The smallest absolute Gasteiger partial charge is 0.257 e. The predicted molar refractivity (Wildman–Crippen MR) is 49.2 cm³/mol. The van der Waals surface area contributed by atoms with Crippen molar-refractivity contribution in [2.24, 2.45) is 4.99 Å². The number of carbonyl (C=O) groups excluding carboxylic acids is 1. The average molecular weight is 191 g/mol. The summed E-state index contributed by atoms with van der Waals surface area (Å²) in [5.74, 6) is 1.36. The van der Waals surface area contributed by atoms with E-state index in [0.29, 0.717) is 12.4 Å². The van der Waals surface area contributed by atoms with Crippen molar-refractivity contribution in [2.45, 2.75) is 0 Å². The van der Waals surface area contributed by atoms with Gasteiger partial charge in [-0.05, 0) is 0 Å². The molecule has 0 radical (unpaired) electrons. The number of hydrogen-bond donors (Lipinski definition) is 0. The third-order valence-corrected chi connectivity index (χ3v) is 3.19. The number of methoxy groups -OCH3 is 1. The van der Waals surface area contributed by atoms with Crippen LogP contribution in [0.15, 0.2) is 4.99 Å². The fraction of sp³-hybridized carbons (Fsp3) is 0.667. The highest BCUT2D eigenvalue weighted by molar-refractivity contribution is 8.39. The number of nitrogens with zero attached hydrogens (tertiary/aromatic N) is 1. The Bertz CT molecular complexity index is 181. The van der Waals surface area contributed by atoms with Crippen molar-refractivity contribution >= 4 is 33.8 Å². The molecule has 1 aliphatic heterocycles. The lowest BCUT2D eigenvalue weighted by molar-refractivity contribution is -0.115. The molecule has 1 heterocycles. The van der Waals surface area contributed by atoms with Gasteiger partial charge in [0.2, 0.25) is 0 Å². The van der Waals surface area contributed by atoms with Crippen LogP contribution in [0.4, 0.5) is 0 Å². The van der Waals surface area contributed by atoms with Crippen molar-refractivity contribution in [3.8, 4) is 0 Å². The van der Waals surface area contributed by atoms with E-state index in [9.17, 15) is 4.79 Å². The van der Waals surface area contributed by atoms with E-state index >= 15 is 0 Å². The van der Waals surface area contributed by atoms with Gasteiger partial charge in [0.05, 0.1) is 12.4 Å². The SMILES string of the molecule is COCCSC1=NC(=O)CS1. The third kappa shape index (κ3) is 3.27. The van der Waals surface area contributed by atoms with Crippen LogP contribution in [0.1, 0.15) is 0 Å². The molecule has 0 aromatic carbocycles. The molecule has 0 spiro atoms. The van der Waals surface area contributed by atoms with Gasteiger partial charge in [0.25, 0.3) is 5.91 Å². The normalized spacial score (nSPS) is 17.2. The Balaban J connectivity index is 2.17. The number of amides is 1. The van der Waals surface area contributed by atoms with Gasteiger partial charge in [-0.2, -0.15) is 4.99 Å². The van der Waals surface area contributed by atoms with Crippen molar-refractivity contribution in [3.63, 3.8) is 0 Å². The first-order chi connectivity index (χ1) is 5.33. The van der Waals surface area contributed by atoms with Crippen LogP contribution in [0, 0.1) is 0 Å². The summed E-state index contributed by atoms with van der Waals surface area (Å²) in [6.45, 7) is 0.707. The first-order valence-electron chi connectivity index (χ1n) is 3.19. The number of thioether (sulfide) groups is 2. The Kier molecular flexibility index (Phi) is 3.96. The van der Waals surface area contributed by atoms with Crippen LogP contribution in [0.25, 0.3) is 0 Å². The molecule has 0 fully saturated rings. The van der Waals surface area contributed by atoms with Crippen LogP contribution in [0.2, 0.25) is 0 Å². The largest absolute Gasteiger partial charge is 0.384 e. The van der Waals surface area contributed by atoms with E-state index in [4.69, 9.17) is 4.74 Å². The lowest BCUT2D eigenvalue weighted by atomic mass is 10.8. The second kappa shape index (κ2) is 4.79. The monoisotopic (exact) mass is 191 g/mol. The van der Waals surface area contributed by atoms with Crippen LogP contribution in [-0.2, 0) is 9.53 Å². The zero-order valence-corrected chi connectivity index (χ0v) is 7.83. The minimum absolute atomic E-state index is 0.0186. The van der Waals surface area contributed by atoms with Gasteiger partial charge in [0.1, 0.15) is 4.38 Å². The number of hydrogen-bond acceptors (Lipinski definition) is 4. The van der Waals surface area contributed by atoms with Crippen LogP contribution >= 0.6 is 23.5 Å². The molecule has 0 bridgehead atoms. The number of ether oxygens (including phenoxy) is 1. The molecule has 0 saturated heterocycles. The van der Waals surface area contributed by atoms with Crippen molar-refractivity contribution in [2.75, 3.05) is 25.2 Å². The van der Waals surface area contributed by atoms with E-state index in [1.807, 2.05) is 0 Å². The summed E-state index contributed by atoms with van der Waals surface area (Å²) in [4.78, 5) is 14.4. The second-order valence-corrected chi connectivity index (χ2v) is 4.21. The maximum absolute atomic E-state index is 10.6. The Hall–Kier alpha value is -0.0000000000000000555.